The number of nitrogens with zero attached hydrogens (tertiary/aromatic N) is 3. The summed E-state index contributed by atoms with van der Waals surface area (Å²) in [6.07, 6.45) is 4.73. The third-order valence-electron chi connectivity index (χ3n) is 6.59. The van der Waals surface area contributed by atoms with E-state index in [1.807, 2.05) is 0 Å². The van der Waals surface area contributed by atoms with E-state index in [4.69, 9.17) is 0 Å². The maximum atomic E-state index is 12.4. The first-order valence-electron chi connectivity index (χ1n) is 8.12. The maximum absolute atomic E-state index is 12.4. The van der Waals surface area contributed by atoms with Gasteiger partial charge in [-0.15, -0.1) is 0 Å². The van der Waals surface area contributed by atoms with Crippen molar-refractivity contribution in [3.8, 4) is 0 Å². The summed E-state index contributed by atoms with van der Waals surface area (Å²) in [4.78, 5) is 26.5. The van der Waals surface area contributed by atoms with E-state index in [1.54, 1.807) is 6.92 Å². The summed E-state index contributed by atoms with van der Waals surface area (Å²) in [5, 5.41) is 13.9. The molecule has 0 unspecified atom stereocenters. The number of aryl methyl sites for hydroxylation is 1. The topological polar surface area (TPSA) is 90.1 Å². The Morgan fingerprint density at radius 1 is 1.52 bits per heavy atom. The monoisotopic (exact) mass is 320 g/mol. The Labute approximate surface area is 135 Å². The van der Waals surface area contributed by atoms with E-state index in [9.17, 15) is 14.9 Å². The normalized spacial score (nSPS) is 31.3. The zero-order valence-corrected chi connectivity index (χ0v) is 14.1. The molecule has 1 N–H and O–H groups in total. The van der Waals surface area contributed by atoms with E-state index < -0.39 is 4.92 Å². The zero-order valence-electron chi connectivity index (χ0n) is 14.1. The number of aromatic nitrogens is 2. The molecule has 7 heteroatoms. The Hall–Kier alpha value is -1.92. The number of amides is 1. The Balaban J connectivity index is 1.68. The molecule has 0 spiro atoms. The lowest BCUT2D eigenvalue weighted by molar-refractivity contribution is -0.389. The molecule has 2 fully saturated rings. The average Bonchev–Trinajstić information content (AvgIpc) is 2.97. The van der Waals surface area contributed by atoms with Crippen molar-refractivity contribution in [1.82, 2.24) is 14.9 Å². The molecule has 0 aliphatic heterocycles. The van der Waals surface area contributed by atoms with Crippen LogP contribution < -0.4 is 5.32 Å². The molecule has 3 atom stereocenters. The van der Waals surface area contributed by atoms with E-state index in [0.29, 0.717) is 11.7 Å². The third-order valence-corrected chi connectivity index (χ3v) is 6.59. The molecule has 23 heavy (non-hydrogen) atoms. The van der Waals surface area contributed by atoms with E-state index in [1.165, 1.54) is 17.2 Å². The molecular formula is C16H24N4O3. The number of carbonyl (C=O) groups excluding carboxylic acids is 1. The molecule has 1 amide bonds. The lowest BCUT2D eigenvalue weighted by Gasteiger charge is -2.39. The minimum absolute atomic E-state index is 0.0738. The van der Waals surface area contributed by atoms with Crippen LogP contribution in [0.5, 0.6) is 0 Å². The van der Waals surface area contributed by atoms with Crippen molar-refractivity contribution in [3.63, 3.8) is 0 Å². The maximum Gasteiger partial charge on any atom is 0.381 e. The van der Waals surface area contributed by atoms with Crippen LogP contribution in [0.15, 0.2) is 6.20 Å². The predicted molar refractivity (Wildman–Crippen MR) is 84.8 cm³/mol. The van der Waals surface area contributed by atoms with Gasteiger partial charge in [-0.25, -0.2) is 0 Å². The van der Waals surface area contributed by atoms with Crippen LogP contribution in [0.4, 0.5) is 5.82 Å². The number of nitrogens with one attached hydrogen (secondary N) is 1. The van der Waals surface area contributed by atoms with Gasteiger partial charge in [0.05, 0.1) is 0 Å². The van der Waals surface area contributed by atoms with E-state index in [2.05, 4.69) is 31.1 Å². The number of hydrogen-bond donors (Lipinski definition) is 1. The predicted octanol–water partition coefficient (Wildman–Crippen LogP) is 2.43. The van der Waals surface area contributed by atoms with Gasteiger partial charge in [0, 0.05) is 13.0 Å². The van der Waals surface area contributed by atoms with Crippen LogP contribution >= 0.6 is 0 Å². The van der Waals surface area contributed by atoms with Crippen molar-refractivity contribution in [2.45, 2.75) is 59.5 Å². The first-order chi connectivity index (χ1) is 10.6. The lowest BCUT2D eigenvalue weighted by Crippen LogP contribution is -2.47. The second kappa shape index (κ2) is 5.04. The van der Waals surface area contributed by atoms with E-state index in [0.717, 1.165) is 12.8 Å². The summed E-state index contributed by atoms with van der Waals surface area (Å²) < 4.78 is 1.54. The fourth-order valence-corrected chi connectivity index (χ4v) is 4.56. The van der Waals surface area contributed by atoms with Crippen LogP contribution in [0.2, 0.25) is 0 Å². The minimum atomic E-state index is -0.541. The average molecular weight is 320 g/mol. The van der Waals surface area contributed by atoms with Gasteiger partial charge in [0.25, 0.3) is 0 Å². The van der Waals surface area contributed by atoms with E-state index in [-0.39, 0.29) is 35.1 Å². The Morgan fingerprint density at radius 3 is 2.70 bits per heavy atom. The molecule has 2 aliphatic rings. The molecule has 2 bridgehead atoms. The molecule has 1 aromatic rings. The van der Waals surface area contributed by atoms with Crippen molar-refractivity contribution in [3.05, 3.63) is 22.1 Å². The molecule has 0 saturated heterocycles. The van der Waals surface area contributed by atoms with Crippen molar-refractivity contribution in [2.24, 2.45) is 16.7 Å². The molecule has 2 saturated carbocycles. The second-order valence-corrected chi connectivity index (χ2v) is 7.76. The molecule has 1 heterocycles. The molecule has 1 aromatic heterocycles. The fraction of sp³-hybridized carbons (Fsp3) is 0.750. The summed E-state index contributed by atoms with van der Waals surface area (Å²) in [5.41, 5.74) is 0.373. The van der Waals surface area contributed by atoms with Crippen molar-refractivity contribution >= 4 is 11.7 Å². The number of carbonyl (C=O) groups is 1. The van der Waals surface area contributed by atoms with Gasteiger partial charge in [-0.1, -0.05) is 20.8 Å². The van der Waals surface area contributed by atoms with Crippen LogP contribution in [0, 0.1) is 33.8 Å². The number of nitro groups is 1. The van der Waals surface area contributed by atoms with Gasteiger partial charge >= 0.3 is 5.82 Å². The van der Waals surface area contributed by atoms with Gasteiger partial charge in [0.1, 0.15) is 12.7 Å². The van der Waals surface area contributed by atoms with Crippen LogP contribution in [0.3, 0.4) is 0 Å². The Morgan fingerprint density at radius 2 is 2.22 bits per heavy atom. The van der Waals surface area contributed by atoms with Crippen molar-refractivity contribution < 1.29 is 9.72 Å². The first-order valence-corrected chi connectivity index (χ1v) is 8.12. The van der Waals surface area contributed by atoms with Crippen molar-refractivity contribution in [1.29, 1.82) is 0 Å². The van der Waals surface area contributed by atoms with Gasteiger partial charge in [0.15, 0.2) is 0 Å². The largest absolute Gasteiger partial charge is 0.381 e. The molecule has 2 aliphatic carbocycles. The number of fused-ring (bicyclic) bond motifs is 2. The van der Waals surface area contributed by atoms with Crippen LogP contribution in [0.1, 0.15) is 45.9 Å². The van der Waals surface area contributed by atoms with Crippen LogP contribution in [0.25, 0.3) is 0 Å². The van der Waals surface area contributed by atoms with Gasteiger partial charge in [-0.3, -0.25) is 9.36 Å². The Kier molecular flexibility index (Phi) is 3.50. The molecule has 0 aromatic carbocycles. The second-order valence-electron chi connectivity index (χ2n) is 7.76. The molecule has 7 nitrogen and oxygen atoms in total. The number of imidazole rings is 1. The molecule has 126 valence electrons. The zero-order chi connectivity index (χ0) is 17.0. The summed E-state index contributed by atoms with van der Waals surface area (Å²) in [5.74, 6) is 0.818. The smallest absolute Gasteiger partial charge is 0.358 e. The summed E-state index contributed by atoms with van der Waals surface area (Å²) in [6, 6.07) is 0.183. The molecule has 3 rings (SSSR count). The lowest BCUT2D eigenvalue weighted by atomic mass is 9.69. The van der Waals surface area contributed by atoms with Crippen molar-refractivity contribution in [2.75, 3.05) is 0 Å². The summed E-state index contributed by atoms with van der Waals surface area (Å²) >= 11 is 0. The van der Waals surface area contributed by atoms with Gasteiger partial charge < -0.3 is 15.4 Å². The van der Waals surface area contributed by atoms with E-state index >= 15 is 0 Å². The van der Waals surface area contributed by atoms with Crippen LogP contribution in [-0.2, 0) is 11.3 Å². The SMILES string of the molecule is Cc1nc([N+](=O)[O-])cn1CC(=O)N[C@H]1C[C@H]2CC[C@@]1(C)C2(C)C. The highest BCUT2D eigenvalue weighted by Crippen LogP contribution is 2.65. The quantitative estimate of drug-likeness (QED) is 0.681. The first kappa shape index (κ1) is 16.0. The summed E-state index contributed by atoms with van der Waals surface area (Å²) in [6.45, 7) is 8.63. The van der Waals surface area contributed by atoms with Gasteiger partial charge in [0.2, 0.25) is 11.7 Å². The molecular weight excluding hydrogens is 296 g/mol. The standard InChI is InChI=1S/C16H24N4O3/c1-10-17-13(20(22)23)8-19(10)9-14(21)18-12-7-11-5-6-16(12,4)15(11,2)3/h8,11-12H,5-7,9H2,1-4H3,(H,18,21)/t11-,12+,16-/m1/s1. The highest BCUT2D eigenvalue weighted by molar-refractivity contribution is 5.76. The van der Waals surface area contributed by atoms with Crippen LogP contribution in [-0.4, -0.2) is 26.4 Å². The number of rotatable bonds is 4. The fourth-order valence-electron chi connectivity index (χ4n) is 4.56. The summed E-state index contributed by atoms with van der Waals surface area (Å²) in [7, 11) is 0. The minimum Gasteiger partial charge on any atom is -0.358 e. The Bertz CT molecular complexity index is 666. The number of hydrogen-bond acceptors (Lipinski definition) is 4. The van der Waals surface area contributed by atoms with Gasteiger partial charge in [-0.2, -0.15) is 0 Å². The molecule has 0 radical (unpaired) electrons. The third kappa shape index (κ3) is 2.33. The highest BCUT2D eigenvalue weighted by atomic mass is 16.6. The van der Waals surface area contributed by atoms with Gasteiger partial charge in [-0.05, 0) is 45.9 Å². The highest BCUT2D eigenvalue weighted by Gasteiger charge is 2.61.